The summed E-state index contributed by atoms with van der Waals surface area (Å²) in [6, 6.07) is 5.35. The summed E-state index contributed by atoms with van der Waals surface area (Å²) in [5, 5.41) is 10.2. The number of hydrogen-bond donors (Lipinski definition) is 1. The molecule has 1 aromatic rings. The Kier molecular flexibility index (Phi) is 6.71. The van der Waals surface area contributed by atoms with Crippen molar-refractivity contribution in [3.8, 4) is 11.5 Å². The van der Waals surface area contributed by atoms with E-state index in [-0.39, 0.29) is 19.9 Å². The summed E-state index contributed by atoms with van der Waals surface area (Å²) in [7, 11) is 1.84. The summed E-state index contributed by atoms with van der Waals surface area (Å²) in [6.07, 6.45) is 0. The van der Waals surface area contributed by atoms with Gasteiger partial charge in [0.15, 0.2) is 5.78 Å². The first-order valence-corrected chi connectivity index (χ1v) is 8.47. The van der Waals surface area contributed by atoms with E-state index in [2.05, 4.69) is 0 Å². The van der Waals surface area contributed by atoms with Crippen LogP contribution in [0.2, 0.25) is 0 Å². The summed E-state index contributed by atoms with van der Waals surface area (Å²) in [6.45, 7) is 12.7. The monoisotopic (exact) mass is 350 g/mol. The molecule has 0 saturated carbocycles. The van der Waals surface area contributed by atoms with E-state index in [1.54, 1.807) is 39.2 Å². The number of methoxy groups -OCH3 is 1. The largest absolute Gasteiger partial charge is 0.497 e. The number of ketones is 1. The lowest BCUT2D eigenvalue weighted by Gasteiger charge is -2.37. The van der Waals surface area contributed by atoms with Gasteiger partial charge in [0.25, 0.3) is 0 Å². The Balaban J connectivity index is 2.87. The topological polar surface area (TPSA) is 65.0 Å². The maximum atomic E-state index is 12.0. The predicted octanol–water partition coefficient (Wildman–Crippen LogP) is 2.23. The molecule has 140 valence electrons. The summed E-state index contributed by atoms with van der Waals surface area (Å²) in [4.78, 5) is 12.0. The van der Waals surface area contributed by atoms with Gasteiger partial charge >= 0.3 is 7.48 Å². The van der Waals surface area contributed by atoms with E-state index in [0.717, 1.165) is 5.46 Å². The second-order valence-corrected chi connectivity index (χ2v) is 8.29. The Hall–Kier alpha value is -1.53. The Bertz CT molecular complexity index is 597. The third-order valence-corrected chi connectivity index (χ3v) is 4.52. The van der Waals surface area contributed by atoms with Crippen molar-refractivity contribution >= 4 is 18.7 Å². The van der Waals surface area contributed by atoms with Crippen LogP contribution in [0.25, 0.3) is 0 Å². The van der Waals surface area contributed by atoms with Crippen molar-refractivity contribution in [3.05, 3.63) is 18.2 Å². The summed E-state index contributed by atoms with van der Waals surface area (Å²) in [5.74, 6) is 1.28. The van der Waals surface area contributed by atoms with Crippen LogP contribution >= 0.6 is 0 Å². The van der Waals surface area contributed by atoms with Gasteiger partial charge in [-0.1, -0.05) is 20.8 Å². The zero-order valence-corrected chi connectivity index (χ0v) is 16.7. The van der Waals surface area contributed by atoms with E-state index in [1.807, 2.05) is 34.6 Å². The Morgan fingerprint density at radius 3 is 2.20 bits per heavy atom. The third-order valence-electron chi connectivity index (χ3n) is 4.52. The number of ether oxygens (including phenoxy) is 2. The molecular formula is C19H31BO5. The molecule has 0 aliphatic rings. The lowest BCUT2D eigenvalue weighted by Crippen LogP contribution is -2.49. The highest BCUT2D eigenvalue weighted by atomic mass is 16.5. The molecule has 0 radical (unpaired) electrons. The molecular weight excluding hydrogens is 319 g/mol. The molecule has 0 spiro atoms. The van der Waals surface area contributed by atoms with Gasteiger partial charge in [-0.3, -0.25) is 4.79 Å². The van der Waals surface area contributed by atoms with Crippen LogP contribution < -0.4 is 14.9 Å². The molecule has 0 atom stereocenters. The van der Waals surface area contributed by atoms with Crippen LogP contribution in [0.15, 0.2) is 18.2 Å². The lowest BCUT2D eigenvalue weighted by molar-refractivity contribution is -0.128. The molecule has 0 aliphatic carbocycles. The second kappa shape index (κ2) is 7.79. The molecule has 0 saturated heterocycles. The van der Waals surface area contributed by atoms with Crippen LogP contribution in [0.5, 0.6) is 11.5 Å². The quantitative estimate of drug-likeness (QED) is 0.729. The highest BCUT2D eigenvalue weighted by Crippen LogP contribution is 2.25. The molecule has 0 bridgehead atoms. The van der Waals surface area contributed by atoms with Gasteiger partial charge in [-0.15, -0.1) is 0 Å². The SMILES string of the molecule is COc1ccc(OCC(=O)C(C)(C)C)cc1BOC(C)(C)C(C)(C)O. The minimum atomic E-state index is -0.993. The maximum Gasteiger partial charge on any atom is 0.313 e. The number of carbonyl (C=O) groups excluding carboxylic acids is 1. The molecule has 1 N–H and O–H groups in total. The first kappa shape index (κ1) is 21.5. The summed E-state index contributed by atoms with van der Waals surface area (Å²) < 4.78 is 16.9. The molecule has 0 amide bonds. The van der Waals surface area contributed by atoms with E-state index >= 15 is 0 Å². The predicted molar refractivity (Wildman–Crippen MR) is 101 cm³/mol. The van der Waals surface area contributed by atoms with Crippen molar-refractivity contribution in [2.24, 2.45) is 5.41 Å². The third kappa shape index (κ3) is 6.05. The number of aliphatic hydroxyl groups is 1. The minimum absolute atomic E-state index is 0.0191. The van der Waals surface area contributed by atoms with Crippen LogP contribution in [0, 0.1) is 5.41 Å². The average molecular weight is 350 g/mol. The van der Waals surface area contributed by atoms with Crippen LogP contribution in [-0.4, -0.2) is 43.3 Å². The molecule has 0 aliphatic heterocycles. The highest BCUT2D eigenvalue weighted by Gasteiger charge is 2.36. The van der Waals surface area contributed by atoms with Crippen molar-refractivity contribution in [2.75, 3.05) is 13.7 Å². The normalized spacial score (nSPS) is 12.7. The van der Waals surface area contributed by atoms with E-state index in [4.69, 9.17) is 14.1 Å². The first-order chi connectivity index (χ1) is 11.3. The molecule has 0 aromatic heterocycles. The van der Waals surface area contributed by atoms with Crippen molar-refractivity contribution in [1.82, 2.24) is 0 Å². The number of carbonyl (C=O) groups is 1. The fourth-order valence-corrected chi connectivity index (χ4v) is 1.76. The van der Waals surface area contributed by atoms with E-state index < -0.39 is 16.6 Å². The average Bonchev–Trinajstić information content (AvgIpc) is 2.48. The fourth-order valence-electron chi connectivity index (χ4n) is 1.76. The maximum absolute atomic E-state index is 12.0. The van der Waals surface area contributed by atoms with Gasteiger partial charge in [0.1, 0.15) is 18.1 Å². The molecule has 0 heterocycles. The molecule has 0 unspecified atom stereocenters. The van der Waals surface area contributed by atoms with Crippen LogP contribution in [0.3, 0.4) is 0 Å². The van der Waals surface area contributed by atoms with Crippen molar-refractivity contribution in [1.29, 1.82) is 0 Å². The lowest BCUT2D eigenvalue weighted by atomic mass is 9.82. The van der Waals surface area contributed by atoms with Crippen LogP contribution in [-0.2, 0) is 9.45 Å². The van der Waals surface area contributed by atoms with Crippen molar-refractivity contribution in [2.45, 2.75) is 59.7 Å². The van der Waals surface area contributed by atoms with Crippen LogP contribution in [0.1, 0.15) is 48.5 Å². The number of rotatable bonds is 8. The Labute approximate surface area is 151 Å². The zero-order chi connectivity index (χ0) is 19.5. The molecule has 1 rings (SSSR count). The van der Waals surface area contributed by atoms with Crippen LogP contribution in [0.4, 0.5) is 0 Å². The Morgan fingerprint density at radius 1 is 1.12 bits per heavy atom. The van der Waals surface area contributed by atoms with Crippen molar-refractivity contribution < 1.29 is 24.0 Å². The molecule has 0 fully saturated rings. The van der Waals surface area contributed by atoms with Gasteiger partial charge in [0.05, 0.1) is 18.3 Å². The standard InChI is InChI=1S/C19H31BO5/c1-17(2,3)16(21)12-24-13-9-10-15(23-8)14(11-13)20-25-19(6,7)18(4,5)22/h9-11,20,22H,12H2,1-8H3. The number of Topliss-reactive ketones (excluding diaryl/α,β-unsaturated/α-hetero) is 1. The van der Waals surface area contributed by atoms with E-state index in [0.29, 0.717) is 11.5 Å². The van der Waals surface area contributed by atoms with Gasteiger partial charge in [0.2, 0.25) is 0 Å². The van der Waals surface area contributed by atoms with Gasteiger partial charge in [-0.2, -0.15) is 0 Å². The summed E-state index contributed by atoms with van der Waals surface area (Å²) >= 11 is 0. The van der Waals surface area contributed by atoms with E-state index in [9.17, 15) is 9.90 Å². The minimum Gasteiger partial charge on any atom is -0.497 e. The second-order valence-electron chi connectivity index (χ2n) is 8.29. The zero-order valence-electron chi connectivity index (χ0n) is 16.7. The number of hydrogen-bond acceptors (Lipinski definition) is 5. The molecule has 5 nitrogen and oxygen atoms in total. The first-order valence-electron chi connectivity index (χ1n) is 8.47. The Morgan fingerprint density at radius 2 is 1.72 bits per heavy atom. The highest BCUT2D eigenvalue weighted by molar-refractivity contribution is 6.48. The van der Waals surface area contributed by atoms with Gasteiger partial charge in [-0.25, -0.2) is 0 Å². The van der Waals surface area contributed by atoms with E-state index in [1.165, 1.54) is 0 Å². The fraction of sp³-hybridized carbons (Fsp3) is 0.632. The molecule has 1 aromatic carbocycles. The van der Waals surface area contributed by atoms with Crippen molar-refractivity contribution in [3.63, 3.8) is 0 Å². The van der Waals surface area contributed by atoms with Gasteiger partial charge in [0, 0.05) is 5.41 Å². The smallest absolute Gasteiger partial charge is 0.313 e. The summed E-state index contributed by atoms with van der Waals surface area (Å²) in [5.41, 5.74) is -1.37. The van der Waals surface area contributed by atoms with Gasteiger partial charge < -0.3 is 19.2 Å². The molecule has 6 heteroatoms. The number of benzene rings is 1. The van der Waals surface area contributed by atoms with Gasteiger partial charge in [-0.05, 0) is 51.4 Å². The molecule has 25 heavy (non-hydrogen) atoms.